The van der Waals surface area contributed by atoms with Gasteiger partial charge in [0.1, 0.15) is 6.04 Å². The number of hydrazone groups is 1. The van der Waals surface area contributed by atoms with E-state index in [0.29, 0.717) is 6.42 Å². The number of nitrogens with one attached hydrogen (secondary N) is 3. The maximum atomic E-state index is 12.5. The molecule has 4 rings (SSSR count). The molecule has 148 valence electrons. The normalized spacial score (nSPS) is 19.0. The highest BCUT2D eigenvalue weighted by Crippen LogP contribution is 2.29. The lowest BCUT2D eigenvalue weighted by Crippen LogP contribution is -2.41. The molecule has 1 fully saturated rings. The number of amides is 1. The summed E-state index contributed by atoms with van der Waals surface area (Å²) in [6, 6.07) is 19.3. The van der Waals surface area contributed by atoms with Crippen LogP contribution in [-0.2, 0) is 4.79 Å². The molecule has 1 amide bonds. The minimum atomic E-state index is -0.369. The third-order valence-corrected chi connectivity index (χ3v) is 5.10. The fourth-order valence-corrected chi connectivity index (χ4v) is 3.68. The Morgan fingerprint density at radius 1 is 1.10 bits per heavy atom. The molecule has 3 N–H and O–H groups in total. The van der Waals surface area contributed by atoms with Crippen LogP contribution in [0.2, 0.25) is 0 Å². The molecule has 2 aromatic carbocycles. The largest absolute Gasteiger partial charge is 0.271 e. The van der Waals surface area contributed by atoms with E-state index in [1.54, 1.807) is 6.21 Å². The van der Waals surface area contributed by atoms with E-state index in [9.17, 15) is 4.79 Å². The number of hydrogen-bond donors (Lipinski definition) is 3. The third kappa shape index (κ3) is 4.11. The van der Waals surface area contributed by atoms with E-state index in [0.717, 1.165) is 28.2 Å². The smallest absolute Gasteiger partial charge is 0.258 e. The van der Waals surface area contributed by atoms with E-state index in [4.69, 9.17) is 5.10 Å². The molecule has 7 nitrogen and oxygen atoms in total. The third-order valence-electron chi connectivity index (χ3n) is 5.10. The zero-order chi connectivity index (χ0) is 20.2. The second-order valence-corrected chi connectivity index (χ2v) is 7.11. The molecule has 2 unspecified atom stereocenters. The van der Waals surface area contributed by atoms with Gasteiger partial charge in [-0.2, -0.15) is 10.2 Å². The molecule has 7 heteroatoms. The molecular formula is C22H24N6O. The molecule has 0 spiro atoms. The molecule has 1 aliphatic heterocycles. The van der Waals surface area contributed by atoms with Crippen molar-refractivity contribution in [2.75, 3.05) is 0 Å². The Labute approximate surface area is 169 Å². The summed E-state index contributed by atoms with van der Waals surface area (Å²) in [5, 5.41) is 8.76. The molecule has 0 saturated carbocycles. The van der Waals surface area contributed by atoms with E-state index in [1.807, 2.05) is 72.3 Å². The van der Waals surface area contributed by atoms with E-state index in [-0.39, 0.29) is 18.0 Å². The Hall–Kier alpha value is -3.29. The summed E-state index contributed by atoms with van der Waals surface area (Å²) < 4.78 is 1.95. The van der Waals surface area contributed by atoms with Crippen LogP contribution in [-0.4, -0.2) is 27.9 Å². The minimum Gasteiger partial charge on any atom is -0.271 e. The lowest BCUT2D eigenvalue weighted by molar-refractivity contribution is -0.122. The van der Waals surface area contributed by atoms with Crippen molar-refractivity contribution in [2.24, 2.45) is 5.10 Å². The van der Waals surface area contributed by atoms with Crippen molar-refractivity contribution in [1.82, 2.24) is 26.1 Å². The lowest BCUT2D eigenvalue weighted by Gasteiger charge is -2.11. The zero-order valence-corrected chi connectivity index (χ0v) is 16.5. The van der Waals surface area contributed by atoms with E-state index in [2.05, 4.69) is 28.3 Å². The second kappa shape index (κ2) is 8.38. The van der Waals surface area contributed by atoms with Gasteiger partial charge in [-0.05, 0) is 38.0 Å². The fraction of sp³-hybridized carbons (Fsp3) is 0.227. The monoisotopic (exact) mass is 388 g/mol. The number of carbonyl (C=O) groups is 1. The van der Waals surface area contributed by atoms with Crippen LogP contribution in [0.5, 0.6) is 0 Å². The van der Waals surface area contributed by atoms with Crippen molar-refractivity contribution < 1.29 is 4.79 Å². The summed E-state index contributed by atoms with van der Waals surface area (Å²) in [5.41, 5.74) is 14.0. The molecule has 2 atom stereocenters. The molecule has 2 heterocycles. The van der Waals surface area contributed by atoms with Crippen LogP contribution in [0.3, 0.4) is 0 Å². The van der Waals surface area contributed by atoms with Crippen molar-refractivity contribution in [3.63, 3.8) is 0 Å². The quantitative estimate of drug-likeness (QED) is 0.463. The minimum absolute atomic E-state index is 0.00122. The van der Waals surface area contributed by atoms with Gasteiger partial charge in [-0.15, -0.1) is 0 Å². The van der Waals surface area contributed by atoms with E-state index >= 15 is 0 Å². The number of rotatable bonds is 5. The van der Waals surface area contributed by atoms with Crippen molar-refractivity contribution in [3.8, 4) is 5.69 Å². The summed E-state index contributed by atoms with van der Waals surface area (Å²) >= 11 is 0. The molecule has 29 heavy (non-hydrogen) atoms. The number of nitrogens with zero attached hydrogens (tertiary/aromatic N) is 3. The Kier molecular flexibility index (Phi) is 5.50. The number of para-hydroxylation sites is 1. The van der Waals surface area contributed by atoms with Gasteiger partial charge < -0.3 is 0 Å². The summed E-state index contributed by atoms with van der Waals surface area (Å²) in [5.74, 6) is -0.169. The average Bonchev–Trinajstić information content (AvgIpc) is 3.33. The van der Waals surface area contributed by atoms with Gasteiger partial charge in [-0.25, -0.2) is 21.0 Å². The Morgan fingerprint density at radius 2 is 1.79 bits per heavy atom. The first-order valence-corrected chi connectivity index (χ1v) is 9.64. The molecule has 1 aliphatic rings. The molecule has 1 aromatic heterocycles. The first-order chi connectivity index (χ1) is 14.1. The number of benzene rings is 2. The standard InChI is InChI=1S/C22H24N6O/c1-15-21(16(2)28(27-15)18-11-7-4-8-12-18)19-13-20(25-24-19)22(29)26-23-14-17-9-5-3-6-10-17/h3-12,14,19-20,24-25H,13H2,1-2H3,(H,26,29)/b23-14+. The summed E-state index contributed by atoms with van der Waals surface area (Å²) in [7, 11) is 0. The van der Waals surface area contributed by atoms with Gasteiger partial charge in [0.15, 0.2) is 0 Å². The lowest BCUT2D eigenvalue weighted by atomic mass is 10.00. The Bertz CT molecular complexity index is 1010. The highest BCUT2D eigenvalue weighted by atomic mass is 16.2. The summed E-state index contributed by atoms with van der Waals surface area (Å²) in [6.07, 6.45) is 2.25. The number of aromatic nitrogens is 2. The average molecular weight is 388 g/mol. The van der Waals surface area contributed by atoms with Crippen LogP contribution >= 0.6 is 0 Å². The van der Waals surface area contributed by atoms with Crippen LogP contribution in [0.1, 0.15) is 35.0 Å². The van der Waals surface area contributed by atoms with Crippen molar-refractivity contribution in [2.45, 2.75) is 32.4 Å². The van der Waals surface area contributed by atoms with Crippen molar-refractivity contribution in [1.29, 1.82) is 0 Å². The van der Waals surface area contributed by atoms with Crippen LogP contribution in [0.4, 0.5) is 0 Å². The van der Waals surface area contributed by atoms with Gasteiger partial charge in [0, 0.05) is 11.3 Å². The summed E-state index contributed by atoms with van der Waals surface area (Å²) in [6.45, 7) is 4.06. The maximum Gasteiger partial charge on any atom is 0.258 e. The highest BCUT2D eigenvalue weighted by molar-refractivity contribution is 5.85. The van der Waals surface area contributed by atoms with Crippen LogP contribution in [0, 0.1) is 13.8 Å². The topological polar surface area (TPSA) is 83.3 Å². The Balaban J connectivity index is 1.43. The molecule has 0 radical (unpaired) electrons. The van der Waals surface area contributed by atoms with Crippen LogP contribution in [0.15, 0.2) is 65.8 Å². The van der Waals surface area contributed by atoms with E-state index in [1.165, 1.54) is 0 Å². The van der Waals surface area contributed by atoms with Gasteiger partial charge in [0.05, 0.1) is 23.6 Å². The predicted octanol–water partition coefficient (Wildman–Crippen LogP) is 2.55. The maximum absolute atomic E-state index is 12.5. The van der Waals surface area contributed by atoms with Gasteiger partial charge >= 0.3 is 0 Å². The second-order valence-electron chi connectivity index (χ2n) is 7.11. The van der Waals surface area contributed by atoms with Crippen molar-refractivity contribution in [3.05, 3.63) is 83.2 Å². The van der Waals surface area contributed by atoms with E-state index < -0.39 is 0 Å². The molecule has 1 saturated heterocycles. The predicted molar refractivity (Wildman–Crippen MR) is 113 cm³/mol. The first-order valence-electron chi connectivity index (χ1n) is 9.64. The van der Waals surface area contributed by atoms with Crippen LogP contribution in [0.25, 0.3) is 5.69 Å². The summed E-state index contributed by atoms with van der Waals surface area (Å²) in [4.78, 5) is 12.5. The first kappa shape index (κ1) is 19.0. The highest BCUT2D eigenvalue weighted by Gasteiger charge is 2.33. The Morgan fingerprint density at radius 3 is 2.52 bits per heavy atom. The van der Waals surface area contributed by atoms with Gasteiger partial charge in [-0.3, -0.25) is 4.79 Å². The molecule has 0 bridgehead atoms. The zero-order valence-electron chi connectivity index (χ0n) is 16.5. The number of hydrogen-bond acceptors (Lipinski definition) is 5. The van der Waals surface area contributed by atoms with Gasteiger partial charge in [0.2, 0.25) is 0 Å². The molecule has 0 aliphatic carbocycles. The SMILES string of the molecule is Cc1nn(-c2ccccc2)c(C)c1C1CC(C(=O)N/N=C/c2ccccc2)NN1. The van der Waals surface area contributed by atoms with Gasteiger partial charge in [0.25, 0.3) is 5.91 Å². The fourth-order valence-electron chi connectivity index (χ4n) is 3.68. The van der Waals surface area contributed by atoms with Crippen molar-refractivity contribution >= 4 is 12.1 Å². The number of hydrazine groups is 1. The van der Waals surface area contributed by atoms with Gasteiger partial charge in [-0.1, -0.05) is 48.5 Å². The number of carbonyl (C=O) groups excluding carboxylic acids is 1. The van der Waals surface area contributed by atoms with Crippen LogP contribution < -0.4 is 16.3 Å². The molecule has 3 aromatic rings. The number of aryl methyl sites for hydroxylation is 1. The molecular weight excluding hydrogens is 364 g/mol.